The Morgan fingerprint density at radius 3 is 2.57 bits per heavy atom. The minimum absolute atomic E-state index is 0.0200. The van der Waals surface area contributed by atoms with Crippen LogP contribution in [-0.4, -0.2) is 30.4 Å². The summed E-state index contributed by atoms with van der Waals surface area (Å²) in [6, 6.07) is 7.25. The Morgan fingerprint density at radius 2 is 1.92 bits per heavy atom. The summed E-state index contributed by atoms with van der Waals surface area (Å²) >= 11 is 12.7. The minimum Gasteiger partial charge on any atom is -0.309 e. The smallest absolute Gasteiger partial charge is 0.307 e. The second-order valence-electron chi connectivity index (χ2n) is 11.3. The van der Waals surface area contributed by atoms with Crippen LogP contribution in [-0.2, 0) is 16.9 Å². The molecule has 1 N–H and O–H groups in total. The van der Waals surface area contributed by atoms with Crippen LogP contribution in [0.25, 0.3) is 0 Å². The van der Waals surface area contributed by atoms with Gasteiger partial charge in [-0.3, -0.25) is 24.3 Å². The van der Waals surface area contributed by atoms with Crippen molar-refractivity contribution >= 4 is 40.6 Å². The van der Waals surface area contributed by atoms with Crippen molar-refractivity contribution in [1.29, 1.82) is 0 Å². The molecule has 0 saturated heterocycles. The highest BCUT2D eigenvalue weighted by molar-refractivity contribution is 6.35. The number of nitrogens with zero attached hydrogens (tertiary/aromatic N) is 5. The number of anilines is 1. The van der Waals surface area contributed by atoms with Crippen molar-refractivity contribution in [3.63, 3.8) is 0 Å². The number of aromatic nitrogens is 4. The number of carbonyl (C=O) groups excluding carboxylic acids is 1. The largest absolute Gasteiger partial charge is 0.309 e. The molecule has 4 aliphatic carbocycles. The molecule has 9 nitrogen and oxygen atoms in total. The van der Waals surface area contributed by atoms with Crippen LogP contribution < -0.4 is 5.32 Å². The summed E-state index contributed by atoms with van der Waals surface area (Å²) in [6.45, 7) is 2.34. The zero-order valence-corrected chi connectivity index (χ0v) is 22.0. The van der Waals surface area contributed by atoms with Crippen LogP contribution in [0.15, 0.2) is 36.7 Å². The van der Waals surface area contributed by atoms with E-state index in [0.29, 0.717) is 40.7 Å². The molecule has 4 bridgehead atoms. The summed E-state index contributed by atoms with van der Waals surface area (Å²) in [6.07, 6.45) is 9.28. The third kappa shape index (κ3) is 4.42. The standard InChI is InChI=1S/C26H28Cl2N6O3/c1-16-5-23(31-32(16)14-20-21(27)3-2-4-22(20)28)30-24(35)11-25-7-17-6-18(8-25)10-26(9-17,15-25)33-13-19(12-29-33)34(36)37/h2-5,12-13,17-18H,6-11,14-15H2,1H3,(H,30,31,35). The van der Waals surface area contributed by atoms with Crippen molar-refractivity contribution in [3.8, 4) is 0 Å². The van der Waals surface area contributed by atoms with E-state index in [1.807, 2.05) is 17.7 Å². The Morgan fingerprint density at radius 1 is 1.22 bits per heavy atom. The molecule has 37 heavy (non-hydrogen) atoms. The first-order valence-corrected chi connectivity index (χ1v) is 13.4. The fourth-order valence-electron chi connectivity index (χ4n) is 7.64. The maximum atomic E-state index is 13.3. The summed E-state index contributed by atoms with van der Waals surface area (Å²) in [5, 5.41) is 24.4. The van der Waals surface area contributed by atoms with E-state index in [1.165, 1.54) is 12.6 Å². The topological polar surface area (TPSA) is 108 Å². The molecule has 194 valence electrons. The molecule has 4 fully saturated rings. The maximum absolute atomic E-state index is 13.3. The average molecular weight is 543 g/mol. The Bertz CT molecular complexity index is 1360. The SMILES string of the molecule is Cc1cc(NC(=O)CC23CC4CC(C2)CC(n2cc([N+](=O)[O-])cn2)(C4)C3)nn1Cc1c(Cl)cccc1Cl. The van der Waals surface area contributed by atoms with Gasteiger partial charge >= 0.3 is 5.69 Å². The minimum atomic E-state index is -0.395. The first kappa shape index (κ1) is 24.4. The highest BCUT2D eigenvalue weighted by atomic mass is 35.5. The molecule has 2 unspecified atom stereocenters. The summed E-state index contributed by atoms with van der Waals surface area (Å²) in [5.41, 5.74) is 1.32. The molecule has 1 aromatic carbocycles. The van der Waals surface area contributed by atoms with E-state index >= 15 is 0 Å². The lowest BCUT2D eigenvalue weighted by Gasteiger charge is -2.61. The van der Waals surface area contributed by atoms with E-state index in [-0.39, 0.29) is 22.5 Å². The van der Waals surface area contributed by atoms with Crippen molar-refractivity contribution in [3.05, 3.63) is 68.1 Å². The number of nitro groups is 1. The molecule has 3 aromatic rings. The number of nitrogens with one attached hydrogen (secondary N) is 1. The zero-order chi connectivity index (χ0) is 25.9. The van der Waals surface area contributed by atoms with Gasteiger partial charge in [-0.1, -0.05) is 29.3 Å². The van der Waals surface area contributed by atoms with Crippen LogP contribution in [0.4, 0.5) is 11.5 Å². The first-order valence-electron chi connectivity index (χ1n) is 12.6. The molecule has 1 amide bonds. The molecular formula is C26H28Cl2N6O3. The van der Waals surface area contributed by atoms with E-state index in [1.54, 1.807) is 29.1 Å². The number of hydrogen-bond acceptors (Lipinski definition) is 5. The van der Waals surface area contributed by atoms with Crippen LogP contribution in [0, 0.1) is 34.3 Å². The lowest BCUT2D eigenvalue weighted by Crippen LogP contribution is -2.57. The number of amides is 1. The zero-order valence-electron chi connectivity index (χ0n) is 20.5. The van der Waals surface area contributed by atoms with Crippen molar-refractivity contribution < 1.29 is 9.72 Å². The molecule has 2 heterocycles. The maximum Gasteiger partial charge on any atom is 0.307 e. The van der Waals surface area contributed by atoms with Gasteiger partial charge in [0.05, 0.1) is 17.0 Å². The van der Waals surface area contributed by atoms with Gasteiger partial charge in [0.2, 0.25) is 5.91 Å². The van der Waals surface area contributed by atoms with Crippen molar-refractivity contribution in [2.45, 2.75) is 64.0 Å². The Balaban J connectivity index is 1.18. The monoisotopic (exact) mass is 542 g/mol. The predicted molar refractivity (Wildman–Crippen MR) is 140 cm³/mol. The highest BCUT2D eigenvalue weighted by Crippen LogP contribution is 2.65. The van der Waals surface area contributed by atoms with E-state index in [4.69, 9.17) is 23.2 Å². The molecule has 0 radical (unpaired) electrons. The number of halogens is 2. The van der Waals surface area contributed by atoms with Gasteiger partial charge in [0.1, 0.15) is 12.4 Å². The fraction of sp³-hybridized carbons (Fsp3) is 0.500. The van der Waals surface area contributed by atoms with Crippen molar-refractivity contribution in [1.82, 2.24) is 19.6 Å². The first-order chi connectivity index (χ1) is 17.6. The molecule has 2 aromatic heterocycles. The molecule has 0 spiro atoms. The summed E-state index contributed by atoms with van der Waals surface area (Å²) < 4.78 is 3.62. The third-order valence-corrected chi connectivity index (χ3v) is 9.28. The lowest BCUT2D eigenvalue weighted by atomic mass is 9.46. The van der Waals surface area contributed by atoms with E-state index in [9.17, 15) is 14.9 Å². The number of benzene rings is 1. The van der Waals surface area contributed by atoms with Crippen molar-refractivity contribution in [2.75, 3.05) is 5.32 Å². The van der Waals surface area contributed by atoms with Crippen LogP contribution >= 0.6 is 23.2 Å². The lowest BCUT2D eigenvalue weighted by molar-refractivity contribution is -0.385. The van der Waals surface area contributed by atoms with E-state index in [2.05, 4.69) is 15.5 Å². The van der Waals surface area contributed by atoms with Gasteiger partial charge < -0.3 is 5.32 Å². The van der Waals surface area contributed by atoms with Gasteiger partial charge in [-0.2, -0.15) is 10.2 Å². The summed E-state index contributed by atoms with van der Waals surface area (Å²) in [7, 11) is 0. The van der Waals surface area contributed by atoms with E-state index in [0.717, 1.165) is 43.4 Å². The molecule has 0 aliphatic heterocycles. The Labute approximate surface area is 224 Å². The number of aryl methyl sites for hydroxylation is 1. The van der Waals surface area contributed by atoms with Gasteiger partial charge in [0, 0.05) is 33.8 Å². The van der Waals surface area contributed by atoms with Crippen LogP contribution in [0.3, 0.4) is 0 Å². The predicted octanol–water partition coefficient (Wildman–Crippen LogP) is 5.98. The second-order valence-corrected chi connectivity index (χ2v) is 12.2. The number of carbonyl (C=O) groups is 1. The molecule has 11 heteroatoms. The Hall–Kier alpha value is -2.91. The number of rotatable bonds is 7. The van der Waals surface area contributed by atoms with Gasteiger partial charge in [-0.25, -0.2) is 0 Å². The molecule has 7 rings (SSSR count). The molecule has 2 atom stereocenters. The highest BCUT2D eigenvalue weighted by Gasteiger charge is 2.59. The summed E-state index contributed by atoms with van der Waals surface area (Å²) in [4.78, 5) is 24.2. The normalized spacial score (nSPS) is 28.0. The van der Waals surface area contributed by atoms with E-state index < -0.39 is 4.92 Å². The quantitative estimate of drug-likeness (QED) is 0.292. The molecule has 4 saturated carbocycles. The van der Waals surface area contributed by atoms with Gasteiger partial charge in [0.15, 0.2) is 5.82 Å². The van der Waals surface area contributed by atoms with Crippen LogP contribution in [0.2, 0.25) is 10.0 Å². The molecular weight excluding hydrogens is 515 g/mol. The van der Waals surface area contributed by atoms with Gasteiger partial charge in [-0.05, 0) is 74.8 Å². The van der Waals surface area contributed by atoms with Gasteiger partial charge in [0.25, 0.3) is 0 Å². The Kier molecular flexibility index (Phi) is 5.84. The van der Waals surface area contributed by atoms with Crippen LogP contribution in [0.1, 0.15) is 56.2 Å². The van der Waals surface area contributed by atoms with Crippen molar-refractivity contribution in [2.24, 2.45) is 17.3 Å². The fourth-order valence-corrected chi connectivity index (χ4v) is 8.15. The van der Waals surface area contributed by atoms with Crippen LogP contribution in [0.5, 0.6) is 0 Å². The van der Waals surface area contributed by atoms with Gasteiger partial charge in [-0.15, -0.1) is 0 Å². The third-order valence-electron chi connectivity index (χ3n) is 8.57. The number of hydrogen-bond donors (Lipinski definition) is 1. The average Bonchev–Trinajstić information content (AvgIpc) is 3.43. The second kappa shape index (κ2) is 8.84. The summed E-state index contributed by atoms with van der Waals surface area (Å²) in [5.74, 6) is 1.48. The molecule has 4 aliphatic rings.